The molecular weight excluding hydrogens is 1040 g/mol. The summed E-state index contributed by atoms with van der Waals surface area (Å²) in [7, 11) is 0. The maximum atomic E-state index is 12.6. The van der Waals surface area contributed by atoms with Gasteiger partial charge in [0.05, 0.1) is 22.3 Å². The van der Waals surface area contributed by atoms with Crippen molar-refractivity contribution in [3.63, 3.8) is 0 Å². The first-order valence-corrected chi connectivity index (χ1v) is 23.9. The summed E-state index contributed by atoms with van der Waals surface area (Å²) in [6, 6.07) is 61.5. The van der Waals surface area contributed by atoms with Gasteiger partial charge in [-0.3, -0.25) is 9.55 Å². The molecule has 5 nitrogen and oxygen atoms in total. The Kier molecular flexibility index (Phi) is 11.6. The molecule has 1 N–H and O–H groups in total. The van der Waals surface area contributed by atoms with Crippen LogP contribution >= 0.6 is 0 Å². The van der Waals surface area contributed by atoms with Crippen molar-refractivity contribution in [1.29, 1.82) is 0 Å². The molecule has 0 bridgehead atoms. The van der Waals surface area contributed by atoms with E-state index in [9.17, 15) is 5.11 Å². The van der Waals surface area contributed by atoms with Gasteiger partial charge in [-0.05, 0) is 80.3 Å². The van der Waals surface area contributed by atoms with E-state index in [1.807, 2.05) is 18.3 Å². The molecule has 3 heterocycles. The molecule has 3 aromatic heterocycles. The van der Waals surface area contributed by atoms with Gasteiger partial charge in [0, 0.05) is 60.2 Å². The van der Waals surface area contributed by atoms with E-state index in [4.69, 9.17) is 14.4 Å². The Balaban J connectivity index is 0.00000567. The van der Waals surface area contributed by atoms with Gasteiger partial charge in [0.1, 0.15) is 22.7 Å². The van der Waals surface area contributed by atoms with Gasteiger partial charge in [0.2, 0.25) is 0 Å². The Morgan fingerprint density at radius 2 is 1.20 bits per heavy atom. The number of pyridine rings is 1. The second kappa shape index (κ2) is 17.4. The van der Waals surface area contributed by atoms with Gasteiger partial charge in [-0.2, -0.15) is 0 Å². The van der Waals surface area contributed by atoms with Crippen LogP contribution in [0, 0.1) is 6.07 Å². The summed E-state index contributed by atoms with van der Waals surface area (Å²) in [5, 5.41) is 16.8. The van der Waals surface area contributed by atoms with Crippen molar-refractivity contribution in [3.05, 3.63) is 193 Å². The van der Waals surface area contributed by atoms with Crippen LogP contribution in [0.25, 0.3) is 105 Å². The maximum Gasteiger partial charge on any atom is 0.148 e. The summed E-state index contributed by atoms with van der Waals surface area (Å²) in [5.41, 5.74) is 15.3. The largest absolute Gasteiger partial charge is 0.507 e. The minimum atomic E-state index is -0.345. The number of hydrogen-bond donors (Lipinski definition) is 1. The third-order valence-electron chi connectivity index (χ3n) is 13.7. The number of benzene rings is 8. The fourth-order valence-electron chi connectivity index (χ4n) is 9.79. The molecule has 0 atom stereocenters. The van der Waals surface area contributed by atoms with Crippen molar-refractivity contribution < 1.29 is 30.6 Å². The number of para-hydroxylation sites is 1. The molecule has 11 rings (SSSR count). The van der Waals surface area contributed by atoms with Crippen LogP contribution in [0.15, 0.2) is 174 Å². The zero-order chi connectivity index (χ0) is 48.0. The molecular formula is C64H56N3O2Pt-. The minimum Gasteiger partial charge on any atom is -0.507 e. The smallest absolute Gasteiger partial charge is 0.148 e. The van der Waals surface area contributed by atoms with E-state index in [0.717, 1.165) is 105 Å². The first-order chi connectivity index (χ1) is 33.0. The standard InChI is InChI=1S/C64H56N3O2.Pt/c1-62(2,3)45-28-30-55(50(34-45)40-21-14-11-15-22-40)67-56-26-18-25-47(58(56)66-61(67)51-35-46(63(4,5)6)36-53(59(51)68)64(7,8)9)43-31-42(39-19-12-10-13-20-39)32-44(33-43)54-37-57-52(38-65-54)49-29-27-41-23-16-17-24-48(41)60(49)69-57;/h10-32,34-38,68H,1-9H3;/q-1;. The van der Waals surface area contributed by atoms with Crippen LogP contribution in [-0.2, 0) is 37.3 Å². The number of aromatic hydroxyl groups is 1. The van der Waals surface area contributed by atoms with Crippen LogP contribution in [0.4, 0.5) is 0 Å². The Labute approximate surface area is 425 Å². The minimum absolute atomic E-state index is 0. The average molecular weight is 1090 g/mol. The fourth-order valence-corrected chi connectivity index (χ4v) is 9.79. The summed E-state index contributed by atoms with van der Waals surface area (Å²) < 4.78 is 8.93. The molecule has 8 aromatic carbocycles. The second-order valence-corrected chi connectivity index (χ2v) is 21.6. The average Bonchev–Trinajstić information content (AvgIpc) is 3.92. The number of aromatic nitrogens is 3. The van der Waals surface area contributed by atoms with E-state index in [1.54, 1.807) is 0 Å². The third-order valence-corrected chi connectivity index (χ3v) is 13.7. The van der Waals surface area contributed by atoms with Crippen molar-refractivity contribution in [1.82, 2.24) is 14.5 Å². The normalized spacial score (nSPS) is 12.3. The topological polar surface area (TPSA) is 64.1 Å². The van der Waals surface area contributed by atoms with Crippen LogP contribution in [0.3, 0.4) is 0 Å². The van der Waals surface area contributed by atoms with E-state index >= 15 is 0 Å². The number of phenolic OH excluding ortho intramolecular Hbond substituents is 1. The molecule has 0 unspecified atom stereocenters. The number of fused-ring (bicyclic) bond motifs is 6. The predicted molar refractivity (Wildman–Crippen MR) is 287 cm³/mol. The van der Waals surface area contributed by atoms with Crippen LogP contribution in [-0.4, -0.2) is 19.6 Å². The second-order valence-electron chi connectivity index (χ2n) is 21.6. The Morgan fingerprint density at radius 1 is 0.529 bits per heavy atom. The molecule has 6 heteroatoms. The van der Waals surface area contributed by atoms with Crippen LogP contribution in [0.2, 0.25) is 0 Å². The molecule has 0 amide bonds. The van der Waals surface area contributed by atoms with E-state index < -0.39 is 0 Å². The molecule has 0 radical (unpaired) electrons. The van der Waals surface area contributed by atoms with Gasteiger partial charge < -0.3 is 9.52 Å². The fraction of sp³-hybridized carbons (Fsp3) is 0.188. The van der Waals surface area contributed by atoms with Gasteiger partial charge in [-0.25, -0.2) is 4.98 Å². The number of furan rings is 1. The summed E-state index contributed by atoms with van der Waals surface area (Å²) in [4.78, 5) is 10.8. The van der Waals surface area contributed by atoms with Crippen LogP contribution in [0.1, 0.15) is 79.0 Å². The number of phenols is 1. The molecule has 0 aliphatic carbocycles. The first-order valence-electron chi connectivity index (χ1n) is 23.9. The van der Waals surface area contributed by atoms with Gasteiger partial charge in [-0.15, -0.1) is 23.8 Å². The van der Waals surface area contributed by atoms with Gasteiger partial charge >= 0.3 is 0 Å². The summed E-state index contributed by atoms with van der Waals surface area (Å²) in [6.45, 7) is 19.9. The predicted octanol–water partition coefficient (Wildman–Crippen LogP) is 17.2. The van der Waals surface area contributed by atoms with Gasteiger partial charge in [-0.1, -0.05) is 194 Å². The SMILES string of the molecule is CC(C)(C)c1ccc(-n2c(-c3cc(C(C)(C)C)cc(C(C)(C)C)c3O)nc3c(-c4[c-]c(-c5cc6oc7c8ccccc8ccc7c6cn5)cc(-c5ccccc5)c4)cccc32)c(-c2ccccc2)c1.[Pt]. The van der Waals surface area contributed by atoms with E-state index in [-0.39, 0.29) is 43.1 Å². The molecule has 350 valence electrons. The molecule has 0 aliphatic heterocycles. The number of hydrogen-bond acceptors (Lipinski definition) is 4. The van der Waals surface area contributed by atoms with E-state index in [1.165, 1.54) is 5.56 Å². The molecule has 11 aromatic rings. The van der Waals surface area contributed by atoms with Gasteiger partial charge in [0.15, 0.2) is 0 Å². The van der Waals surface area contributed by atoms with Crippen LogP contribution < -0.4 is 0 Å². The molecule has 0 spiro atoms. The first kappa shape index (κ1) is 46.6. The van der Waals surface area contributed by atoms with Gasteiger partial charge in [0.25, 0.3) is 0 Å². The number of imidazole rings is 1. The summed E-state index contributed by atoms with van der Waals surface area (Å²) >= 11 is 0. The molecule has 0 aliphatic rings. The monoisotopic (exact) mass is 1090 g/mol. The molecule has 0 fully saturated rings. The van der Waals surface area contributed by atoms with Crippen molar-refractivity contribution in [2.24, 2.45) is 0 Å². The number of nitrogens with zero attached hydrogens (tertiary/aromatic N) is 3. The Bertz CT molecular complexity index is 3790. The number of rotatable bonds is 6. The van der Waals surface area contributed by atoms with Crippen molar-refractivity contribution >= 4 is 43.7 Å². The molecule has 0 saturated carbocycles. The Morgan fingerprint density at radius 3 is 1.91 bits per heavy atom. The zero-order valence-corrected chi connectivity index (χ0v) is 43.5. The van der Waals surface area contributed by atoms with Crippen LogP contribution in [0.5, 0.6) is 5.75 Å². The Hall–Kier alpha value is -7.07. The van der Waals surface area contributed by atoms with E-state index in [0.29, 0.717) is 11.4 Å². The van der Waals surface area contributed by atoms with Crippen molar-refractivity contribution in [2.45, 2.75) is 78.6 Å². The van der Waals surface area contributed by atoms with Crippen molar-refractivity contribution in [2.75, 3.05) is 0 Å². The zero-order valence-electron chi connectivity index (χ0n) is 41.2. The van der Waals surface area contributed by atoms with E-state index in [2.05, 4.69) is 225 Å². The summed E-state index contributed by atoms with van der Waals surface area (Å²) in [6.07, 6.45) is 1.93. The molecule has 70 heavy (non-hydrogen) atoms. The maximum absolute atomic E-state index is 12.6. The van der Waals surface area contributed by atoms with Crippen molar-refractivity contribution in [3.8, 4) is 67.5 Å². The quantitative estimate of drug-likeness (QED) is 0.169. The molecule has 0 saturated heterocycles. The third kappa shape index (κ3) is 8.24. The summed E-state index contributed by atoms with van der Waals surface area (Å²) in [5.74, 6) is 0.900.